The zero-order valence-corrected chi connectivity index (χ0v) is 14.9. The van der Waals surface area contributed by atoms with Crippen molar-refractivity contribution in [1.82, 2.24) is 0 Å². The van der Waals surface area contributed by atoms with Crippen LogP contribution in [0.1, 0.15) is 17.2 Å². The van der Waals surface area contributed by atoms with Crippen LogP contribution in [0.25, 0.3) is 0 Å². The van der Waals surface area contributed by atoms with Gasteiger partial charge in [0.2, 0.25) is 0 Å². The monoisotopic (exact) mass is 459 g/mol. The van der Waals surface area contributed by atoms with Crippen molar-refractivity contribution in [2.45, 2.75) is 12.4 Å². The molecule has 0 fully saturated rings. The molecule has 0 spiro atoms. The van der Waals surface area contributed by atoms with Gasteiger partial charge in [-0.3, -0.25) is 0 Å². The Kier molecular flexibility index (Phi) is 6.73. The standard InChI is InChI=1S/C14H10Br2F3NO.ClH/c15-9-3-6-12(16)11(7-9)13(20)8-1-4-10(5-2-8)21-14(17,18)19;/h1-7,13H,20H2;1H/t13-;/m0./s1. The molecule has 22 heavy (non-hydrogen) atoms. The van der Waals surface area contributed by atoms with Crippen molar-refractivity contribution in [1.29, 1.82) is 0 Å². The van der Waals surface area contributed by atoms with Crippen molar-refractivity contribution >= 4 is 44.3 Å². The van der Waals surface area contributed by atoms with Crippen LogP contribution < -0.4 is 10.5 Å². The molecule has 0 aliphatic rings. The van der Waals surface area contributed by atoms with Gasteiger partial charge < -0.3 is 10.5 Å². The molecular formula is C14H11Br2ClF3NO. The number of hydrogen-bond donors (Lipinski definition) is 1. The number of nitrogens with two attached hydrogens (primary N) is 1. The topological polar surface area (TPSA) is 35.2 Å². The van der Waals surface area contributed by atoms with Crippen molar-refractivity contribution in [2.75, 3.05) is 0 Å². The molecule has 0 aliphatic heterocycles. The molecule has 120 valence electrons. The Labute approximate surface area is 148 Å². The van der Waals surface area contributed by atoms with Crippen molar-refractivity contribution in [3.05, 3.63) is 62.5 Å². The summed E-state index contributed by atoms with van der Waals surface area (Å²) in [6.07, 6.45) is -4.70. The Morgan fingerprint density at radius 3 is 2.14 bits per heavy atom. The highest BCUT2D eigenvalue weighted by Gasteiger charge is 2.31. The summed E-state index contributed by atoms with van der Waals surface area (Å²) in [6, 6.07) is 10.6. The average molecular weight is 462 g/mol. The lowest BCUT2D eigenvalue weighted by Gasteiger charge is -2.16. The minimum absolute atomic E-state index is 0. The van der Waals surface area contributed by atoms with Gasteiger partial charge in [-0.2, -0.15) is 0 Å². The van der Waals surface area contributed by atoms with Crippen LogP contribution in [-0.4, -0.2) is 6.36 Å². The molecule has 0 amide bonds. The first-order valence-corrected chi connectivity index (χ1v) is 7.41. The van der Waals surface area contributed by atoms with Crippen LogP contribution in [-0.2, 0) is 0 Å². The van der Waals surface area contributed by atoms with Crippen LogP contribution in [0.3, 0.4) is 0 Å². The molecule has 0 saturated heterocycles. The highest BCUT2D eigenvalue weighted by Crippen LogP contribution is 2.31. The Morgan fingerprint density at radius 2 is 1.59 bits per heavy atom. The normalized spacial score (nSPS) is 12.5. The molecule has 2 aromatic rings. The summed E-state index contributed by atoms with van der Waals surface area (Å²) in [5.74, 6) is -0.272. The first kappa shape index (κ1) is 19.3. The molecule has 0 bridgehead atoms. The third kappa shape index (κ3) is 5.15. The molecule has 2 aromatic carbocycles. The highest BCUT2D eigenvalue weighted by atomic mass is 79.9. The molecule has 2 nitrogen and oxygen atoms in total. The Morgan fingerprint density at radius 1 is 1.00 bits per heavy atom. The first-order valence-electron chi connectivity index (χ1n) is 5.82. The summed E-state index contributed by atoms with van der Waals surface area (Å²) >= 11 is 6.77. The fourth-order valence-electron chi connectivity index (χ4n) is 1.81. The van der Waals surface area contributed by atoms with Gasteiger partial charge >= 0.3 is 6.36 Å². The number of benzene rings is 2. The van der Waals surface area contributed by atoms with Crippen LogP contribution in [0.4, 0.5) is 13.2 Å². The minimum atomic E-state index is -4.70. The van der Waals surface area contributed by atoms with Crippen molar-refractivity contribution < 1.29 is 17.9 Å². The molecular weight excluding hydrogens is 450 g/mol. The second kappa shape index (κ2) is 7.68. The van der Waals surface area contributed by atoms with E-state index in [2.05, 4.69) is 36.6 Å². The summed E-state index contributed by atoms with van der Waals surface area (Å²) in [5.41, 5.74) is 7.66. The molecule has 0 aromatic heterocycles. The fraction of sp³-hybridized carbons (Fsp3) is 0.143. The smallest absolute Gasteiger partial charge is 0.406 e. The summed E-state index contributed by atoms with van der Waals surface area (Å²) < 4.78 is 41.8. The van der Waals surface area contributed by atoms with E-state index in [1.165, 1.54) is 24.3 Å². The van der Waals surface area contributed by atoms with Crippen molar-refractivity contribution in [3.63, 3.8) is 0 Å². The SMILES string of the molecule is Cl.N[C@@H](c1ccc(OC(F)(F)F)cc1)c1cc(Br)ccc1Br. The van der Waals surface area contributed by atoms with Crippen LogP contribution in [0.15, 0.2) is 51.4 Å². The van der Waals surface area contributed by atoms with Crippen molar-refractivity contribution in [2.24, 2.45) is 5.73 Å². The summed E-state index contributed by atoms with van der Waals surface area (Å²) in [6.45, 7) is 0. The van der Waals surface area contributed by atoms with Gasteiger partial charge in [0.05, 0.1) is 6.04 Å². The molecule has 0 radical (unpaired) electrons. The summed E-state index contributed by atoms with van der Waals surface area (Å²) in [5, 5.41) is 0. The second-order valence-electron chi connectivity index (χ2n) is 4.26. The zero-order valence-electron chi connectivity index (χ0n) is 10.9. The number of alkyl halides is 3. The second-order valence-corrected chi connectivity index (χ2v) is 6.03. The third-order valence-corrected chi connectivity index (χ3v) is 3.98. The van der Waals surface area contributed by atoms with Crippen LogP contribution in [0.5, 0.6) is 5.75 Å². The van der Waals surface area contributed by atoms with Gasteiger partial charge in [-0.25, -0.2) is 0 Å². The molecule has 0 unspecified atom stereocenters. The Balaban J connectivity index is 0.00000242. The van der Waals surface area contributed by atoms with E-state index < -0.39 is 12.4 Å². The number of halogens is 6. The van der Waals surface area contributed by atoms with Crippen LogP contribution >= 0.6 is 44.3 Å². The number of ether oxygens (including phenoxy) is 1. The van der Waals surface area contributed by atoms with E-state index in [9.17, 15) is 13.2 Å². The predicted octanol–water partition coefficient (Wildman–Crippen LogP) is 5.58. The molecule has 0 heterocycles. The molecule has 1 atom stereocenters. The fourth-order valence-corrected chi connectivity index (χ4v) is 2.68. The van der Waals surface area contributed by atoms with Gasteiger partial charge in [0.15, 0.2) is 0 Å². The lowest BCUT2D eigenvalue weighted by Crippen LogP contribution is -2.17. The summed E-state index contributed by atoms with van der Waals surface area (Å²) in [4.78, 5) is 0. The number of hydrogen-bond acceptors (Lipinski definition) is 2. The van der Waals surface area contributed by atoms with Gasteiger partial charge in [-0.15, -0.1) is 25.6 Å². The van der Waals surface area contributed by atoms with Gasteiger partial charge in [0.1, 0.15) is 5.75 Å². The molecule has 2 rings (SSSR count). The largest absolute Gasteiger partial charge is 0.573 e. The van der Waals surface area contributed by atoms with E-state index in [1.807, 2.05) is 18.2 Å². The van der Waals surface area contributed by atoms with Gasteiger partial charge in [-0.05, 0) is 41.5 Å². The lowest BCUT2D eigenvalue weighted by atomic mass is 10.00. The van der Waals surface area contributed by atoms with E-state index in [0.29, 0.717) is 5.56 Å². The van der Waals surface area contributed by atoms with E-state index in [0.717, 1.165) is 14.5 Å². The maximum atomic E-state index is 12.1. The minimum Gasteiger partial charge on any atom is -0.406 e. The zero-order chi connectivity index (χ0) is 15.6. The number of rotatable bonds is 3. The van der Waals surface area contributed by atoms with Gasteiger partial charge in [-0.1, -0.05) is 44.0 Å². The van der Waals surface area contributed by atoms with Crippen LogP contribution in [0.2, 0.25) is 0 Å². The predicted molar refractivity (Wildman–Crippen MR) is 88.2 cm³/mol. The lowest BCUT2D eigenvalue weighted by molar-refractivity contribution is -0.274. The van der Waals surface area contributed by atoms with Gasteiger partial charge in [0, 0.05) is 8.95 Å². The van der Waals surface area contributed by atoms with Gasteiger partial charge in [0.25, 0.3) is 0 Å². The van der Waals surface area contributed by atoms with E-state index in [-0.39, 0.29) is 18.2 Å². The molecule has 2 N–H and O–H groups in total. The van der Waals surface area contributed by atoms with E-state index in [4.69, 9.17) is 5.73 Å². The first-order chi connectivity index (χ1) is 9.76. The third-order valence-electron chi connectivity index (χ3n) is 2.77. The average Bonchev–Trinajstić information content (AvgIpc) is 2.40. The quantitative estimate of drug-likeness (QED) is 0.648. The summed E-state index contributed by atoms with van der Waals surface area (Å²) in [7, 11) is 0. The highest BCUT2D eigenvalue weighted by molar-refractivity contribution is 9.11. The molecule has 0 saturated carbocycles. The molecule has 8 heteroatoms. The Bertz CT molecular complexity index is 635. The molecule has 0 aliphatic carbocycles. The van der Waals surface area contributed by atoms with E-state index in [1.54, 1.807) is 0 Å². The maximum Gasteiger partial charge on any atom is 0.573 e. The Hall–Kier alpha value is -0.760. The van der Waals surface area contributed by atoms with E-state index >= 15 is 0 Å². The maximum absolute atomic E-state index is 12.1. The van der Waals surface area contributed by atoms with Crippen LogP contribution in [0, 0.1) is 0 Å². The van der Waals surface area contributed by atoms with Crippen molar-refractivity contribution in [3.8, 4) is 5.75 Å².